The summed E-state index contributed by atoms with van der Waals surface area (Å²) in [6, 6.07) is 0. The fourth-order valence-electron chi connectivity index (χ4n) is 0.927. The van der Waals surface area contributed by atoms with Gasteiger partial charge in [-0.25, -0.2) is 0 Å². The number of aliphatic carboxylic acids is 2. The Balaban J connectivity index is 4.47. The molecule has 0 aromatic carbocycles. The first-order valence-corrected chi connectivity index (χ1v) is 6.10. The molecule has 0 heterocycles. The fraction of sp³-hybridized carbons (Fsp3) is 0.714. The molecule has 0 aromatic heterocycles. The van der Waals surface area contributed by atoms with E-state index in [1.54, 1.807) is 0 Å². The van der Waals surface area contributed by atoms with Crippen LogP contribution in [0.25, 0.3) is 0 Å². The third-order valence-corrected chi connectivity index (χ3v) is 4.15. The third-order valence-electron chi connectivity index (χ3n) is 1.86. The molecule has 0 aliphatic heterocycles. The van der Waals surface area contributed by atoms with E-state index in [2.05, 4.69) is 0 Å². The second-order valence-electron chi connectivity index (χ2n) is 3.34. The molecule has 8 heteroatoms. The third kappa shape index (κ3) is 4.92. The van der Waals surface area contributed by atoms with Crippen molar-refractivity contribution in [2.45, 2.75) is 19.1 Å². The number of rotatable bonds is 6. The van der Waals surface area contributed by atoms with Crippen LogP contribution in [0.3, 0.4) is 0 Å². The molecule has 0 amide bonds. The summed E-state index contributed by atoms with van der Waals surface area (Å²) in [7, 11) is -3.93. The fourth-order valence-corrected chi connectivity index (χ4v) is 2.58. The Morgan fingerprint density at radius 2 is 1.87 bits per heavy atom. The SMILES string of the molecule is C[C@H](CP(=O)(O)[C@@H](N)CC(=O)O)C(=O)O. The lowest BCUT2D eigenvalue weighted by molar-refractivity contribution is -0.140. The van der Waals surface area contributed by atoms with E-state index in [0.29, 0.717) is 0 Å². The quantitative estimate of drug-likeness (QED) is 0.468. The zero-order chi connectivity index (χ0) is 12.2. The van der Waals surface area contributed by atoms with Crippen LogP contribution in [0, 0.1) is 5.92 Å². The number of carboxylic acids is 2. The van der Waals surface area contributed by atoms with Crippen molar-refractivity contribution in [2.24, 2.45) is 11.7 Å². The number of hydrogen-bond donors (Lipinski definition) is 4. The van der Waals surface area contributed by atoms with Crippen LogP contribution in [0.5, 0.6) is 0 Å². The molecule has 1 unspecified atom stereocenters. The van der Waals surface area contributed by atoms with Crippen LogP contribution in [0.2, 0.25) is 0 Å². The predicted octanol–water partition coefficient (Wildman–Crippen LogP) is -0.263. The van der Waals surface area contributed by atoms with Gasteiger partial charge in [-0.3, -0.25) is 14.2 Å². The average molecular weight is 239 g/mol. The van der Waals surface area contributed by atoms with Crippen molar-refractivity contribution in [2.75, 3.05) is 6.16 Å². The molecule has 0 aromatic rings. The van der Waals surface area contributed by atoms with Crippen LogP contribution in [0.1, 0.15) is 13.3 Å². The molecular formula is C7H14NO6P. The standard InChI is InChI=1S/C7H14NO6P/c1-4(7(11)12)3-15(13,14)5(8)2-6(9)10/h4-5H,2-3,8H2,1H3,(H,9,10)(H,11,12)(H,13,14)/t4-,5-/m1/s1. The maximum atomic E-state index is 11.5. The van der Waals surface area contributed by atoms with Gasteiger partial charge in [-0.05, 0) is 0 Å². The molecule has 0 saturated heterocycles. The summed E-state index contributed by atoms with van der Waals surface area (Å²) >= 11 is 0. The van der Waals surface area contributed by atoms with Gasteiger partial charge in [0.15, 0.2) is 0 Å². The van der Waals surface area contributed by atoms with Crippen LogP contribution in [0.15, 0.2) is 0 Å². The second-order valence-corrected chi connectivity index (χ2v) is 5.88. The van der Waals surface area contributed by atoms with Crippen LogP contribution in [0.4, 0.5) is 0 Å². The highest BCUT2D eigenvalue weighted by atomic mass is 31.2. The number of hydrogen-bond acceptors (Lipinski definition) is 4. The van der Waals surface area contributed by atoms with E-state index in [1.165, 1.54) is 6.92 Å². The highest BCUT2D eigenvalue weighted by Gasteiger charge is 2.33. The Kier molecular flexibility index (Phi) is 4.93. The summed E-state index contributed by atoms with van der Waals surface area (Å²) < 4.78 is 11.5. The molecule has 88 valence electrons. The maximum Gasteiger partial charge on any atom is 0.306 e. The Morgan fingerprint density at radius 3 is 2.20 bits per heavy atom. The summed E-state index contributed by atoms with van der Waals surface area (Å²) in [4.78, 5) is 30.0. The van der Waals surface area contributed by atoms with Gasteiger partial charge in [0, 0.05) is 6.16 Å². The Morgan fingerprint density at radius 1 is 1.40 bits per heavy atom. The van der Waals surface area contributed by atoms with E-state index in [4.69, 9.17) is 15.9 Å². The van der Waals surface area contributed by atoms with Gasteiger partial charge >= 0.3 is 11.9 Å². The first-order valence-electron chi connectivity index (χ1n) is 4.18. The largest absolute Gasteiger partial charge is 0.481 e. The first-order chi connectivity index (χ1) is 6.66. The minimum Gasteiger partial charge on any atom is -0.481 e. The van der Waals surface area contributed by atoms with Crippen molar-refractivity contribution in [1.82, 2.24) is 0 Å². The van der Waals surface area contributed by atoms with Gasteiger partial charge in [-0.1, -0.05) is 6.92 Å². The van der Waals surface area contributed by atoms with Crippen LogP contribution < -0.4 is 5.73 Å². The summed E-state index contributed by atoms with van der Waals surface area (Å²) in [5, 5.41) is 16.9. The summed E-state index contributed by atoms with van der Waals surface area (Å²) in [6.45, 7) is 1.26. The molecule has 0 saturated carbocycles. The number of carbonyl (C=O) groups is 2. The number of nitrogens with two attached hydrogens (primary N) is 1. The van der Waals surface area contributed by atoms with E-state index < -0.39 is 43.6 Å². The molecule has 0 aliphatic rings. The summed E-state index contributed by atoms with van der Waals surface area (Å²) in [5.74, 6) is -4.95. The average Bonchev–Trinajstić information content (AvgIpc) is 2.01. The second kappa shape index (κ2) is 5.25. The molecule has 0 fully saturated rings. The Labute approximate surface area is 86.4 Å². The monoisotopic (exact) mass is 239 g/mol. The number of carboxylic acid groups (broad SMARTS) is 2. The van der Waals surface area contributed by atoms with Gasteiger partial charge < -0.3 is 20.8 Å². The van der Waals surface area contributed by atoms with Gasteiger partial charge in [0.25, 0.3) is 0 Å². The van der Waals surface area contributed by atoms with Crippen LogP contribution in [-0.4, -0.2) is 39.0 Å². The van der Waals surface area contributed by atoms with E-state index >= 15 is 0 Å². The van der Waals surface area contributed by atoms with Crippen molar-refractivity contribution in [1.29, 1.82) is 0 Å². The van der Waals surface area contributed by atoms with E-state index in [0.717, 1.165) is 0 Å². The minimum absolute atomic E-state index is 0.517. The highest BCUT2D eigenvalue weighted by molar-refractivity contribution is 7.58. The lowest BCUT2D eigenvalue weighted by Crippen LogP contribution is -2.27. The van der Waals surface area contributed by atoms with E-state index in [-0.39, 0.29) is 0 Å². The van der Waals surface area contributed by atoms with Gasteiger partial charge in [0.2, 0.25) is 7.37 Å². The molecule has 7 nitrogen and oxygen atoms in total. The molecule has 3 atom stereocenters. The molecule has 0 radical (unpaired) electrons. The van der Waals surface area contributed by atoms with Gasteiger partial charge in [-0.2, -0.15) is 0 Å². The molecule has 0 bridgehead atoms. The van der Waals surface area contributed by atoms with E-state index in [1.807, 2.05) is 0 Å². The lowest BCUT2D eigenvalue weighted by Gasteiger charge is -2.19. The Bertz CT molecular complexity index is 304. The van der Waals surface area contributed by atoms with Crippen molar-refractivity contribution in [3.63, 3.8) is 0 Å². The van der Waals surface area contributed by atoms with Gasteiger partial charge in [0.05, 0.1) is 18.1 Å². The lowest BCUT2D eigenvalue weighted by atomic mass is 10.2. The van der Waals surface area contributed by atoms with Crippen molar-refractivity contribution in [3.8, 4) is 0 Å². The zero-order valence-electron chi connectivity index (χ0n) is 8.16. The topological polar surface area (TPSA) is 138 Å². The van der Waals surface area contributed by atoms with Crippen LogP contribution in [-0.2, 0) is 14.2 Å². The smallest absolute Gasteiger partial charge is 0.306 e. The van der Waals surface area contributed by atoms with Crippen LogP contribution >= 0.6 is 7.37 Å². The molecular weight excluding hydrogens is 225 g/mol. The van der Waals surface area contributed by atoms with Gasteiger partial charge in [-0.15, -0.1) is 0 Å². The molecule has 5 N–H and O–H groups in total. The zero-order valence-corrected chi connectivity index (χ0v) is 9.05. The van der Waals surface area contributed by atoms with Crippen molar-refractivity contribution < 1.29 is 29.3 Å². The van der Waals surface area contributed by atoms with Gasteiger partial charge in [0.1, 0.15) is 0 Å². The summed E-state index contributed by atoms with van der Waals surface area (Å²) in [6.07, 6.45) is -1.17. The molecule has 0 spiro atoms. The minimum atomic E-state index is -3.93. The predicted molar refractivity (Wildman–Crippen MR) is 51.7 cm³/mol. The summed E-state index contributed by atoms with van der Waals surface area (Å²) in [5.41, 5.74) is 5.21. The normalized spacial score (nSPS) is 18.9. The highest BCUT2D eigenvalue weighted by Crippen LogP contribution is 2.46. The van der Waals surface area contributed by atoms with Crippen molar-refractivity contribution >= 4 is 19.3 Å². The molecule has 0 rings (SSSR count). The Hall–Kier alpha value is -0.910. The molecule has 0 aliphatic carbocycles. The van der Waals surface area contributed by atoms with Crippen molar-refractivity contribution in [3.05, 3.63) is 0 Å². The molecule has 15 heavy (non-hydrogen) atoms. The first kappa shape index (κ1) is 14.1. The maximum absolute atomic E-state index is 11.5. The van der Waals surface area contributed by atoms with E-state index in [9.17, 15) is 19.0 Å².